The van der Waals surface area contributed by atoms with E-state index in [0.717, 1.165) is 57.8 Å². The van der Waals surface area contributed by atoms with Crippen LogP contribution in [0.4, 0.5) is 0 Å². The number of likely N-dealkylation sites (tertiary alicyclic amines) is 2. The average molecular weight is 391 g/mol. The molecule has 2 heterocycles. The molecule has 2 aliphatic heterocycles. The Hall–Kier alpha value is -0.990. The molecule has 3 aliphatic rings. The molecule has 0 N–H and O–H groups in total. The van der Waals surface area contributed by atoms with Crippen molar-refractivity contribution in [2.24, 2.45) is 17.8 Å². The molecule has 0 aromatic heterocycles. The van der Waals surface area contributed by atoms with E-state index in [0.29, 0.717) is 17.6 Å². The van der Waals surface area contributed by atoms with Gasteiger partial charge in [-0.25, -0.2) is 0 Å². The van der Waals surface area contributed by atoms with Crippen LogP contribution in [0.3, 0.4) is 0 Å². The van der Waals surface area contributed by atoms with Gasteiger partial charge in [0.1, 0.15) is 0 Å². The summed E-state index contributed by atoms with van der Waals surface area (Å²) in [6, 6.07) is 0.0960. The molecule has 0 aromatic rings. The summed E-state index contributed by atoms with van der Waals surface area (Å²) in [7, 11) is 3.20. The van der Waals surface area contributed by atoms with Gasteiger partial charge in [-0.15, -0.1) is 8.86 Å². The Morgan fingerprint density at radius 1 is 1.04 bits per heavy atom. The molecule has 150 valence electrons. The third-order valence-corrected chi connectivity index (χ3v) is 6.96. The fourth-order valence-corrected chi connectivity index (χ4v) is 5.05. The van der Waals surface area contributed by atoms with Crippen molar-refractivity contribution in [2.75, 3.05) is 26.2 Å². The number of allylic oxidation sites excluding steroid dienone is 2. The number of hydrogen-bond donors (Lipinski definition) is 0. The number of rotatable bonds is 8. The van der Waals surface area contributed by atoms with Crippen molar-refractivity contribution in [3.05, 3.63) is 12.2 Å². The highest BCUT2D eigenvalue weighted by Gasteiger charge is 2.43. The van der Waals surface area contributed by atoms with Crippen molar-refractivity contribution >= 4 is 26.4 Å². The van der Waals surface area contributed by atoms with Crippen molar-refractivity contribution in [1.29, 1.82) is 0 Å². The number of piperidine rings is 2. The largest absolute Gasteiger partial charge is 0.339 e. The van der Waals surface area contributed by atoms with E-state index in [9.17, 15) is 9.59 Å². The van der Waals surface area contributed by atoms with Crippen LogP contribution in [0.15, 0.2) is 12.2 Å². The lowest BCUT2D eigenvalue weighted by Gasteiger charge is -2.43. The van der Waals surface area contributed by atoms with Crippen LogP contribution in [0.5, 0.6) is 0 Å². The summed E-state index contributed by atoms with van der Waals surface area (Å²) in [6.07, 6.45) is 13.4. The Morgan fingerprint density at radius 3 is 2.26 bits per heavy atom. The molecule has 0 bridgehead atoms. The zero-order valence-electron chi connectivity index (χ0n) is 16.7. The first-order chi connectivity index (χ1) is 13.1. The summed E-state index contributed by atoms with van der Waals surface area (Å²) in [6.45, 7) is 5.78. The third-order valence-electron chi connectivity index (χ3n) is 6.71. The summed E-state index contributed by atoms with van der Waals surface area (Å²) in [5, 5.41) is 0. The standard InChI is InChI=1S/C22H35N2O2P/c1-2-3-4-5-17-8-12-24(13-9-17)21(22(26)19-6-7-19)18-10-14-23(15-11-18)20(25)16-27/h2-3,16-19,21,27H,4-15H2,1H3/b3-2-. The van der Waals surface area contributed by atoms with Crippen LogP contribution < -0.4 is 0 Å². The van der Waals surface area contributed by atoms with E-state index in [-0.39, 0.29) is 11.9 Å². The quantitative estimate of drug-likeness (QED) is 0.470. The maximum atomic E-state index is 13.1. The van der Waals surface area contributed by atoms with Crippen LogP contribution in [0, 0.1) is 17.8 Å². The van der Waals surface area contributed by atoms with E-state index in [1.807, 2.05) is 4.90 Å². The first kappa shape index (κ1) is 20.7. The van der Waals surface area contributed by atoms with E-state index in [1.54, 1.807) is 0 Å². The topological polar surface area (TPSA) is 40.6 Å². The van der Waals surface area contributed by atoms with Crippen molar-refractivity contribution in [1.82, 2.24) is 9.80 Å². The van der Waals surface area contributed by atoms with Crippen molar-refractivity contribution in [3.63, 3.8) is 0 Å². The van der Waals surface area contributed by atoms with Crippen LogP contribution in [-0.4, -0.2) is 59.5 Å². The molecule has 27 heavy (non-hydrogen) atoms. The molecule has 4 nitrogen and oxygen atoms in total. The molecule has 0 radical (unpaired) electrons. The second kappa shape index (κ2) is 9.98. The number of Topliss-reactive ketones (excluding diaryl/α,β-unsaturated/α-hetero) is 1. The van der Waals surface area contributed by atoms with Gasteiger partial charge in [-0.1, -0.05) is 12.2 Å². The summed E-state index contributed by atoms with van der Waals surface area (Å²) in [4.78, 5) is 29.4. The van der Waals surface area contributed by atoms with Crippen LogP contribution in [0.25, 0.3) is 0 Å². The fourth-order valence-electron chi connectivity index (χ4n) is 4.86. The van der Waals surface area contributed by atoms with E-state index in [4.69, 9.17) is 0 Å². The molecule has 1 aliphatic carbocycles. The van der Waals surface area contributed by atoms with E-state index >= 15 is 0 Å². The first-order valence-electron chi connectivity index (χ1n) is 10.8. The number of amides is 1. The Labute approximate surface area is 166 Å². The normalized spacial score (nSPS) is 24.3. The van der Waals surface area contributed by atoms with Crippen LogP contribution in [-0.2, 0) is 9.59 Å². The fraction of sp³-hybridized carbons (Fsp3) is 0.773. The molecular formula is C22H35N2O2P. The van der Waals surface area contributed by atoms with Crippen molar-refractivity contribution in [2.45, 2.75) is 64.3 Å². The maximum absolute atomic E-state index is 13.1. The molecule has 0 aromatic carbocycles. The second-order valence-electron chi connectivity index (χ2n) is 8.55. The van der Waals surface area contributed by atoms with Gasteiger partial charge in [0, 0.05) is 24.8 Å². The Bertz CT molecular complexity index is 557. The van der Waals surface area contributed by atoms with Crippen molar-refractivity contribution in [3.8, 4) is 0 Å². The summed E-state index contributed by atoms with van der Waals surface area (Å²) in [5.41, 5.74) is 0. The van der Waals surface area contributed by atoms with Crippen LogP contribution in [0.1, 0.15) is 58.3 Å². The molecule has 3 rings (SSSR count). The first-order valence-corrected chi connectivity index (χ1v) is 11.4. The molecule has 0 spiro atoms. The smallest absolute Gasteiger partial charge is 0.250 e. The van der Waals surface area contributed by atoms with Crippen LogP contribution in [0.2, 0.25) is 0 Å². The molecule has 3 fully saturated rings. The van der Waals surface area contributed by atoms with Gasteiger partial charge in [0.15, 0.2) is 5.78 Å². The minimum atomic E-state index is 0.0529. The van der Waals surface area contributed by atoms with Gasteiger partial charge in [0.05, 0.1) is 6.04 Å². The summed E-state index contributed by atoms with van der Waals surface area (Å²) in [5.74, 6) is 3.55. The van der Waals surface area contributed by atoms with Gasteiger partial charge in [-0.05, 0) is 83.2 Å². The lowest BCUT2D eigenvalue weighted by Crippen LogP contribution is -2.53. The highest BCUT2D eigenvalue weighted by molar-refractivity contribution is 7.22. The molecule has 1 atom stereocenters. The van der Waals surface area contributed by atoms with E-state index < -0.39 is 0 Å². The predicted molar refractivity (Wildman–Crippen MR) is 114 cm³/mol. The van der Waals surface area contributed by atoms with Crippen LogP contribution >= 0.6 is 8.86 Å². The van der Waals surface area contributed by atoms with E-state index in [1.165, 1.54) is 31.5 Å². The number of carbonyl (C=O) groups excluding carboxylic acids is 2. The van der Waals surface area contributed by atoms with Gasteiger partial charge in [0.25, 0.3) is 5.91 Å². The molecule has 1 unspecified atom stereocenters. The van der Waals surface area contributed by atoms with Gasteiger partial charge >= 0.3 is 0 Å². The van der Waals surface area contributed by atoms with E-state index in [2.05, 4.69) is 32.8 Å². The Balaban J connectivity index is 1.57. The number of hydrogen-bond acceptors (Lipinski definition) is 3. The number of ketones is 1. The Kier molecular flexibility index (Phi) is 7.66. The third kappa shape index (κ3) is 5.51. The monoisotopic (exact) mass is 390 g/mol. The molecular weight excluding hydrogens is 355 g/mol. The summed E-state index contributed by atoms with van der Waals surface area (Å²) >= 11 is 0. The molecule has 2 saturated heterocycles. The lowest BCUT2D eigenvalue weighted by atomic mass is 9.82. The second-order valence-corrected chi connectivity index (χ2v) is 8.84. The predicted octanol–water partition coefficient (Wildman–Crippen LogP) is 3.59. The van der Waals surface area contributed by atoms with Gasteiger partial charge < -0.3 is 4.90 Å². The number of carbonyl (C=O) groups is 2. The highest BCUT2D eigenvalue weighted by Crippen LogP contribution is 2.37. The van der Waals surface area contributed by atoms with Gasteiger partial charge in [-0.3, -0.25) is 14.5 Å². The van der Waals surface area contributed by atoms with Crippen molar-refractivity contribution < 1.29 is 9.59 Å². The molecule has 1 amide bonds. The average Bonchev–Trinajstić information content (AvgIpc) is 3.55. The minimum Gasteiger partial charge on any atom is -0.339 e. The zero-order chi connectivity index (χ0) is 19.2. The lowest BCUT2D eigenvalue weighted by molar-refractivity contribution is -0.130. The zero-order valence-corrected chi connectivity index (χ0v) is 17.7. The highest BCUT2D eigenvalue weighted by atomic mass is 31.0. The minimum absolute atomic E-state index is 0.0529. The summed E-state index contributed by atoms with van der Waals surface area (Å²) < 4.78 is 0. The molecule has 5 heteroatoms. The molecule has 1 saturated carbocycles. The SMILES string of the molecule is C/C=C\CCC1CCN(C(C(=O)C2CC2)C2CCN(C(=O)C=P)CC2)CC1. The maximum Gasteiger partial charge on any atom is 0.250 e. The van der Waals surface area contributed by atoms with Gasteiger partial charge in [0.2, 0.25) is 0 Å². The number of nitrogens with zero attached hydrogens (tertiary/aromatic N) is 2. The Morgan fingerprint density at radius 2 is 1.70 bits per heavy atom. The van der Waals surface area contributed by atoms with Gasteiger partial charge in [-0.2, -0.15) is 0 Å².